The molecule has 22 heavy (non-hydrogen) atoms. The van der Waals surface area contributed by atoms with E-state index in [1.54, 1.807) is 6.07 Å². The van der Waals surface area contributed by atoms with Crippen molar-refractivity contribution in [2.24, 2.45) is 0 Å². The summed E-state index contributed by atoms with van der Waals surface area (Å²) in [7, 11) is 0. The van der Waals surface area contributed by atoms with E-state index in [1.807, 2.05) is 43.3 Å². The molecule has 110 valence electrons. The first-order chi connectivity index (χ1) is 10.5. The molecular formula is C21H19F. The number of rotatable bonds is 2. The molecule has 0 aliphatic heterocycles. The summed E-state index contributed by atoms with van der Waals surface area (Å²) >= 11 is 0. The van der Waals surface area contributed by atoms with Crippen LogP contribution in [0, 0.1) is 26.6 Å². The second-order valence-corrected chi connectivity index (χ2v) is 5.86. The van der Waals surface area contributed by atoms with Crippen LogP contribution in [0.15, 0.2) is 60.7 Å². The number of halogens is 1. The molecule has 0 saturated carbocycles. The zero-order chi connectivity index (χ0) is 15.7. The molecule has 0 fully saturated rings. The van der Waals surface area contributed by atoms with Gasteiger partial charge < -0.3 is 0 Å². The third-order valence-corrected chi connectivity index (χ3v) is 4.17. The summed E-state index contributed by atoms with van der Waals surface area (Å²) in [5.74, 6) is -0.184. The Morgan fingerprint density at radius 1 is 0.591 bits per heavy atom. The van der Waals surface area contributed by atoms with Crippen LogP contribution in [0.5, 0.6) is 0 Å². The normalized spacial score (nSPS) is 10.7. The highest BCUT2D eigenvalue weighted by Gasteiger charge is 2.08. The standard InChI is InChI=1S/C21H19F/c1-14-4-7-17(8-5-14)20-13-19(10-11-21(20)22)18-9-6-15(2)16(3)12-18/h4-13H,1-3H3. The first-order valence-corrected chi connectivity index (χ1v) is 7.49. The number of aryl methyl sites for hydroxylation is 3. The molecule has 3 aromatic rings. The second-order valence-electron chi connectivity index (χ2n) is 5.86. The fourth-order valence-corrected chi connectivity index (χ4v) is 2.58. The van der Waals surface area contributed by atoms with E-state index in [0.29, 0.717) is 5.56 Å². The van der Waals surface area contributed by atoms with Gasteiger partial charge in [-0.15, -0.1) is 0 Å². The molecule has 0 radical (unpaired) electrons. The van der Waals surface area contributed by atoms with Crippen molar-refractivity contribution in [1.29, 1.82) is 0 Å². The Morgan fingerprint density at radius 2 is 1.18 bits per heavy atom. The van der Waals surface area contributed by atoms with Gasteiger partial charge >= 0.3 is 0 Å². The summed E-state index contributed by atoms with van der Waals surface area (Å²) in [6, 6.07) is 19.7. The molecule has 0 spiro atoms. The summed E-state index contributed by atoms with van der Waals surface area (Å²) in [4.78, 5) is 0. The minimum Gasteiger partial charge on any atom is -0.206 e. The molecule has 0 atom stereocenters. The van der Waals surface area contributed by atoms with Gasteiger partial charge in [-0.05, 0) is 60.7 Å². The van der Waals surface area contributed by atoms with Crippen LogP contribution in [0.4, 0.5) is 4.39 Å². The molecular weight excluding hydrogens is 271 g/mol. The lowest BCUT2D eigenvalue weighted by Crippen LogP contribution is -1.88. The Kier molecular flexibility index (Phi) is 3.81. The Morgan fingerprint density at radius 3 is 1.86 bits per heavy atom. The third kappa shape index (κ3) is 2.80. The van der Waals surface area contributed by atoms with Gasteiger partial charge in [0.15, 0.2) is 0 Å². The van der Waals surface area contributed by atoms with Crippen LogP contribution >= 0.6 is 0 Å². The Hall–Kier alpha value is -2.41. The molecule has 0 saturated heterocycles. The van der Waals surface area contributed by atoms with E-state index in [4.69, 9.17) is 0 Å². The monoisotopic (exact) mass is 290 g/mol. The van der Waals surface area contributed by atoms with Crippen LogP contribution in [0.3, 0.4) is 0 Å². The third-order valence-electron chi connectivity index (χ3n) is 4.17. The lowest BCUT2D eigenvalue weighted by Gasteiger charge is -2.09. The minimum absolute atomic E-state index is 0.184. The van der Waals surface area contributed by atoms with E-state index in [-0.39, 0.29) is 5.82 Å². The smallest absolute Gasteiger partial charge is 0.131 e. The van der Waals surface area contributed by atoms with Crippen molar-refractivity contribution < 1.29 is 4.39 Å². The predicted molar refractivity (Wildman–Crippen MR) is 91.5 cm³/mol. The van der Waals surface area contributed by atoms with Gasteiger partial charge in [-0.3, -0.25) is 0 Å². The quantitative estimate of drug-likeness (QED) is 0.536. The van der Waals surface area contributed by atoms with Crippen molar-refractivity contribution in [1.82, 2.24) is 0 Å². The summed E-state index contributed by atoms with van der Waals surface area (Å²) < 4.78 is 14.2. The SMILES string of the molecule is Cc1ccc(-c2cc(-c3ccc(C)c(C)c3)ccc2F)cc1. The highest BCUT2D eigenvalue weighted by atomic mass is 19.1. The molecule has 3 aromatic carbocycles. The lowest BCUT2D eigenvalue weighted by molar-refractivity contribution is 0.631. The number of hydrogen-bond donors (Lipinski definition) is 0. The molecule has 0 aliphatic rings. The highest BCUT2D eigenvalue weighted by molar-refractivity contribution is 5.74. The first kappa shape index (κ1) is 14.5. The minimum atomic E-state index is -0.184. The molecule has 0 N–H and O–H groups in total. The fourth-order valence-electron chi connectivity index (χ4n) is 2.58. The van der Waals surface area contributed by atoms with Gasteiger partial charge in [0.2, 0.25) is 0 Å². The zero-order valence-electron chi connectivity index (χ0n) is 13.2. The van der Waals surface area contributed by atoms with Gasteiger partial charge in [-0.1, -0.05) is 54.1 Å². The largest absolute Gasteiger partial charge is 0.206 e. The zero-order valence-corrected chi connectivity index (χ0v) is 13.2. The summed E-state index contributed by atoms with van der Waals surface area (Å²) in [5, 5.41) is 0. The molecule has 1 heteroatoms. The first-order valence-electron chi connectivity index (χ1n) is 7.49. The topological polar surface area (TPSA) is 0 Å². The van der Waals surface area contributed by atoms with Crippen LogP contribution in [-0.4, -0.2) is 0 Å². The van der Waals surface area contributed by atoms with Crippen LogP contribution in [0.25, 0.3) is 22.3 Å². The molecule has 0 unspecified atom stereocenters. The average Bonchev–Trinajstić information content (AvgIpc) is 2.52. The maximum Gasteiger partial charge on any atom is 0.131 e. The van der Waals surface area contributed by atoms with Gasteiger partial charge in [-0.25, -0.2) is 4.39 Å². The van der Waals surface area contributed by atoms with Gasteiger partial charge in [-0.2, -0.15) is 0 Å². The Balaban J connectivity index is 2.09. The van der Waals surface area contributed by atoms with Gasteiger partial charge in [0.25, 0.3) is 0 Å². The van der Waals surface area contributed by atoms with Crippen molar-refractivity contribution in [3.05, 3.63) is 83.2 Å². The highest BCUT2D eigenvalue weighted by Crippen LogP contribution is 2.30. The maximum atomic E-state index is 14.2. The molecule has 0 heterocycles. The molecule has 0 amide bonds. The van der Waals surface area contributed by atoms with Crippen LogP contribution in [0.2, 0.25) is 0 Å². The number of hydrogen-bond acceptors (Lipinski definition) is 0. The van der Waals surface area contributed by atoms with Crippen molar-refractivity contribution in [3.63, 3.8) is 0 Å². The maximum absolute atomic E-state index is 14.2. The van der Waals surface area contributed by atoms with E-state index in [9.17, 15) is 4.39 Å². The van der Waals surface area contributed by atoms with Gasteiger partial charge in [0, 0.05) is 5.56 Å². The Labute approximate surface area is 131 Å². The van der Waals surface area contributed by atoms with Crippen molar-refractivity contribution in [3.8, 4) is 22.3 Å². The van der Waals surface area contributed by atoms with Gasteiger partial charge in [0.1, 0.15) is 5.82 Å². The summed E-state index contributed by atoms with van der Waals surface area (Å²) in [5.41, 5.74) is 7.42. The number of benzene rings is 3. The molecule has 3 rings (SSSR count). The molecule has 0 aromatic heterocycles. The fraction of sp³-hybridized carbons (Fsp3) is 0.143. The predicted octanol–water partition coefficient (Wildman–Crippen LogP) is 6.08. The van der Waals surface area contributed by atoms with Crippen molar-refractivity contribution >= 4 is 0 Å². The summed E-state index contributed by atoms with van der Waals surface area (Å²) in [6.07, 6.45) is 0. The van der Waals surface area contributed by atoms with E-state index in [0.717, 1.165) is 16.7 Å². The average molecular weight is 290 g/mol. The van der Waals surface area contributed by atoms with E-state index < -0.39 is 0 Å². The van der Waals surface area contributed by atoms with Crippen LogP contribution < -0.4 is 0 Å². The Bertz CT molecular complexity index is 814. The van der Waals surface area contributed by atoms with Crippen LogP contribution in [-0.2, 0) is 0 Å². The van der Waals surface area contributed by atoms with Crippen LogP contribution in [0.1, 0.15) is 16.7 Å². The molecule has 0 nitrogen and oxygen atoms in total. The van der Waals surface area contributed by atoms with E-state index in [2.05, 4.69) is 32.0 Å². The van der Waals surface area contributed by atoms with Gasteiger partial charge in [0.05, 0.1) is 0 Å². The van der Waals surface area contributed by atoms with E-state index >= 15 is 0 Å². The van der Waals surface area contributed by atoms with Crippen molar-refractivity contribution in [2.45, 2.75) is 20.8 Å². The van der Waals surface area contributed by atoms with E-state index in [1.165, 1.54) is 16.7 Å². The lowest BCUT2D eigenvalue weighted by atomic mass is 9.96. The van der Waals surface area contributed by atoms with Crippen molar-refractivity contribution in [2.75, 3.05) is 0 Å². The second kappa shape index (κ2) is 5.76. The summed E-state index contributed by atoms with van der Waals surface area (Å²) in [6.45, 7) is 6.23. The molecule has 0 bridgehead atoms. The molecule has 0 aliphatic carbocycles.